The summed E-state index contributed by atoms with van der Waals surface area (Å²) in [6.45, 7) is 7.22. The average Bonchev–Trinajstić information content (AvgIpc) is 2.78. The van der Waals surface area contributed by atoms with Crippen molar-refractivity contribution in [2.24, 2.45) is 0 Å². The van der Waals surface area contributed by atoms with Gasteiger partial charge in [0.2, 0.25) is 5.91 Å². The van der Waals surface area contributed by atoms with Crippen LogP contribution in [0.1, 0.15) is 24.5 Å². The summed E-state index contributed by atoms with van der Waals surface area (Å²) in [7, 11) is 1.72. The summed E-state index contributed by atoms with van der Waals surface area (Å²) in [6.07, 6.45) is 2.80. The van der Waals surface area contributed by atoms with Gasteiger partial charge in [-0.05, 0) is 48.6 Å². The van der Waals surface area contributed by atoms with Crippen LogP contribution in [-0.2, 0) is 17.6 Å². The van der Waals surface area contributed by atoms with Gasteiger partial charge < -0.3 is 19.6 Å². The number of nitrogens with zero attached hydrogens (tertiary/aromatic N) is 3. The van der Waals surface area contributed by atoms with Gasteiger partial charge >= 0.3 is 0 Å². The van der Waals surface area contributed by atoms with E-state index in [1.54, 1.807) is 25.0 Å². The molecule has 0 unspecified atom stereocenters. The van der Waals surface area contributed by atoms with Crippen molar-refractivity contribution in [1.29, 1.82) is 0 Å². The van der Waals surface area contributed by atoms with Gasteiger partial charge in [-0.3, -0.25) is 9.69 Å². The number of para-hydroxylation sites is 2. The highest BCUT2D eigenvalue weighted by atomic mass is 16.5. The smallest absolute Gasteiger partial charge is 0.223 e. The molecule has 1 saturated heterocycles. The fraction of sp³-hybridized carbons (Fsp3) is 0.458. The second kappa shape index (κ2) is 8.96. The molecule has 0 radical (unpaired) electrons. The van der Waals surface area contributed by atoms with Crippen molar-refractivity contribution < 1.29 is 14.6 Å². The van der Waals surface area contributed by atoms with Crippen molar-refractivity contribution in [3.63, 3.8) is 0 Å². The monoisotopic (exact) mass is 409 g/mol. The number of hydrogen-bond donors (Lipinski definition) is 1. The Kier molecular flexibility index (Phi) is 6.13. The van der Waals surface area contributed by atoms with Gasteiger partial charge in [0.1, 0.15) is 11.5 Å². The first-order valence-electron chi connectivity index (χ1n) is 10.8. The number of hydrogen-bond acceptors (Lipinski definition) is 5. The molecule has 1 amide bonds. The van der Waals surface area contributed by atoms with Crippen molar-refractivity contribution in [3.05, 3.63) is 47.5 Å². The van der Waals surface area contributed by atoms with Gasteiger partial charge in [-0.1, -0.05) is 18.2 Å². The van der Waals surface area contributed by atoms with Crippen LogP contribution in [0.4, 0.5) is 11.4 Å². The van der Waals surface area contributed by atoms with Crippen LogP contribution in [0.2, 0.25) is 0 Å². The van der Waals surface area contributed by atoms with Crippen LogP contribution in [0.15, 0.2) is 36.4 Å². The Morgan fingerprint density at radius 1 is 1.07 bits per heavy atom. The van der Waals surface area contributed by atoms with Crippen LogP contribution in [-0.4, -0.2) is 62.3 Å². The molecule has 0 spiro atoms. The van der Waals surface area contributed by atoms with E-state index in [0.717, 1.165) is 74.7 Å². The summed E-state index contributed by atoms with van der Waals surface area (Å²) in [6, 6.07) is 12.0. The van der Waals surface area contributed by atoms with Crippen molar-refractivity contribution in [3.8, 4) is 11.5 Å². The minimum atomic E-state index is -0.00383. The van der Waals surface area contributed by atoms with Gasteiger partial charge in [0.25, 0.3) is 0 Å². The number of benzene rings is 2. The van der Waals surface area contributed by atoms with Gasteiger partial charge in [0.15, 0.2) is 0 Å². The minimum Gasteiger partial charge on any atom is -0.506 e. The number of methoxy groups -OCH3 is 1. The molecular weight excluding hydrogens is 378 g/mol. The van der Waals surface area contributed by atoms with Crippen LogP contribution in [0.25, 0.3) is 0 Å². The Morgan fingerprint density at radius 3 is 2.57 bits per heavy atom. The Bertz CT molecular complexity index is 907. The highest BCUT2D eigenvalue weighted by Gasteiger charge is 2.26. The number of phenols is 1. The Morgan fingerprint density at radius 2 is 1.83 bits per heavy atom. The number of piperazine rings is 1. The van der Waals surface area contributed by atoms with Gasteiger partial charge in [-0.15, -0.1) is 0 Å². The summed E-state index contributed by atoms with van der Waals surface area (Å²) < 4.78 is 5.52. The highest BCUT2D eigenvalue weighted by Crippen LogP contribution is 2.38. The molecule has 0 aromatic heterocycles. The van der Waals surface area contributed by atoms with Gasteiger partial charge in [-0.2, -0.15) is 0 Å². The second-order valence-corrected chi connectivity index (χ2v) is 8.10. The second-order valence-electron chi connectivity index (χ2n) is 8.10. The maximum absolute atomic E-state index is 12.0. The average molecular weight is 410 g/mol. The minimum absolute atomic E-state index is 0.00383. The van der Waals surface area contributed by atoms with E-state index in [1.165, 1.54) is 5.56 Å². The molecule has 1 fully saturated rings. The van der Waals surface area contributed by atoms with Crippen molar-refractivity contribution in [2.75, 3.05) is 56.2 Å². The molecular formula is C24H31N3O3. The van der Waals surface area contributed by atoms with E-state index in [-0.39, 0.29) is 11.7 Å². The molecule has 160 valence electrons. The van der Waals surface area contributed by atoms with Crippen molar-refractivity contribution in [1.82, 2.24) is 4.90 Å². The molecule has 6 heteroatoms. The molecule has 30 heavy (non-hydrogen) atoms. The number of ether oxygens (including phenoxy) is 1. The third-order valence-electron chi connectivity index (χ3n) is 6.31. The third-order valence-corrected chi connectivity index (χ3v) is 6.31. The number of carbonyl (C=O) groups is 1. The van der Waals surface area contributed by atoms with E-state index in [0.29, 0.717) is 6.54 Å². The van der Waals surface area contributed by atoms with E-state index in [9.17, 15) is 9.90 Å². The molecule has 0 saturated carbocycles. The Balaban J connectivity index is 1.40. The van der Waals surface area contributed by atoms with Crippen LogP contribution < -0.4 is 14.5 Å². The van der Waals surface area contributed by atoms with E-state index in [4.69, 9.17) is 4.74 Å². The zero-order valence-corrected chi connectivity index (χ0v) is 17.9. The number of phenolic OH excluding ortho intramolecular Hbond substituents is 1. The van der Waals surface area contributed by atoms with Crippen LogP contribution in [0.5, 0.6) is 11.5 Å². The molecule has 2 aliphatic heterocycles. The maximum atomic E-state index is 12.0. The lowest BCUT2D eigenvalue weighted by Gasteiger charge is -2.37. The SMILES string of the molecule is COc1ccccc1N1CCN(CCc2ccc(O)c3c2CCCN3C(C)=O)CC1. The predicted molar refractivity (Wildman–Crippen MR) is 120 cm³/mol. The maximum Gasteiger partial charge on any atom is 0.223 e. The number of carbonyl (C=O) groups excluding carboxylic acids is 1. The van der Waals surface area contributed by atoms with E-state index in [2.05, 4.69) is 21.9 Å². The quantitative estimate of drug-likeness (QED) is 0.823. The summed E-state index contributed by atoms with van der Waals surface area (Å²) in [5, 5.41) is 10.4. The Hall–Kier alpha value is -2.73. The molecule has 0 bridgehead atoms. The third kappa shape index (κ3) is 4.10. The molecule has 0 atom stereocenters. The summed E-state index contributed by atoms with van der Waals surface area (Å²) in [5.74, 6) is 1.14. The molecule has 2 aromatic carbocycles. The lowest BCUT2D eigenvalue weighted by Crippen LogP contribution is -2.47. The van der Waals surface area contributed by atoms with Crippen LogP contribution in [0.3, 0.4) is 0 Å². The summed E-state index contributed by atoms with van der Waals surface area (Å²) in [4.78, 5) is 18.6. The zero-order valence-electron chi connectivity index (χ0n) is 17.9. The van der Waals surface area contributed by atoms with Crippen molar-refractivity contribution >= 4 is 17.3 Å². The number of anilines is 2. The normalized spacial score (nSPS) is 17.0. The predicted octanol–water partition coefficient (Wildman–Crippen LogP) is 3.06. The van der Waals surface area contributed by atoms with E-state index in [1.807, 2.05) is 18.2 Å². The summed E-state index contributed by atoms with van der Waals surface area (Å²) in [5.41, 5.74) is 4.29. The van der Waals surface area contributed by atoms with Crippen molar-refractivity contribution in [2.45, 2.75) is 26.2 Å². The molecule has 4 rings (SSSR count). The Labute approximate surface area is 178 Å². The fourth-order valence-corrected chi connectivity index (χ4v) is 4.70. The molecule has 2 aromatic rings. The first-order valence-corrected chi connectivity index (χ1v) is 10.8. The summed E-state index contributed by atoms with van der Waals surface area (Å²) >= 11 is 0. The molecule has 0 aliphatic carbocycles. The number of amides is 1. The standard InChI is InChI=1S/C24H31N3O3/c1-18(28)27-12-5-6-20-19(9-10-22(29)24(20)27)11-13-25-14-16-26(17-15-25)21-7-3-4-8-23(21)30-2/h3-4,7-10,29H,5-6,11-17H2,1-2H3. The van der Waals surface area contributed by atoms with Crippen LogP contribution >= 0.6 is 0 Å². The zero-order chi connectivity index (χ0) is 21.1. The molecule has 6 nitrogen and oxygen atoms in total. The van der Waals surface area contributed by atoms with Gasteiger partial charge in [-0.25, -0.2) is 0 Å². The largest absolute Gasteiger partial charge is 0.506 e. The van der Waals surface area contributed by atoms with E-state index >= 15 is 0 Å². The van der Waals surface area contributed by atoms with Gasteiger partial charge in [0, 0.05) is 46.2 Å². The van der Waals surface area contributed by atoms with Crippen LogP contribution in [0, 0.1) is 0 Å². The molecule has 2 aliphatic rings. The lowest BCUT2D eigenvalue weighted by atomic mass is 9.93. The van der Waals surface area contributed by atoms with E-state index < -0.39 is 0 Å². The fourth-order valence-electron chi connectivity index (χ4n) is 4.70. The number of fused-ring (bicyclic) bond motifs is 1. The lowest BCUT2D eigenvalue weighted by molar-refractivity contribution is -0.116. The molecule has 2 heterocycles. The topological polar surface area (TPSA) is 56.2 Å². The first-order chi connectivity index (χ1) is 14.6. The highest BCUT2D eigenvalue weighted by molar-refractivity contribution is 5.94. The molecule has 1 N–H and O–H groups in total. The first kappa shape index (κ1) is 20.5. The number of aromatic hydroxyl groups is 1. The van der Waals surface area contributed by atoms with Gasteiger partial charge in [0.05, 0.1) is 18.5 Å². The number of rotatable bonds is 5.